The van der Waals surface area contributed by atoms with E-state index in [2.05, 4.69) is 4.98 Å². The summed E-state index contributed by atoms with van der Waals surface area (Å²) in [4.78, 5) is 19.4. The number of methoxy groups -OCH3 is 2. The zero-order valence-corrected chi connectivity index (χ0v) is 20.8. The minimum atomic E-state index is -4.58. The first-order valence-electron chi connectivity index (χ1n) is 12.5. The number of benzene rings is 2. The summed E-state index contributed by atoms with van der Waals surface area (Å²) in [5.41, 5.74) is 6.87. The summed E-state index contributed by atoms with van der Waals surface area (Å²) in [5.74, 6) is 1.37. The third-order valence-corrected chi connectivity index (χ3v) is 7.53. The van der Waals surface area contributed by atoms with Crippen LogP contribution in [-0.4, -0.2) is 42.1 Å². The summed E-state index contributed by atoms with van der Waals surface area (Å²) >= 11 is 0. The highest BCUT2D eigenvalue weighted by atomic mass is 19.4. The number of halogens is 3. The normalized spacial score (nSPS) is 20.0. The summed E-state index contributed by atoms with van der Waals surface area (Å²) < 4.78 is 50.8. The Labute approximate surface area is 213 Å². The Morgan fingerprint density at radius 1 is 0.946 bits per heavy atom. The fourth-order valence-electron chi connectivity index (χ4n) is 5.60. The van der Waals surface area contributed by atoms with Crippen LogP contribution in [0.2, 0.25) is 0 Å². The van der Waals surface area contributed by atoms with Gasteiger partial charge in [0, 0.05) is 34.3 Å². The minimum Gasteiger partial charge on any atom is -0.497 e. The van der Waals surface area contributed by atoms with Crippen LogP contribution >= 0.6 is 0 Å². The zero-order valence-electron chi connectivity index (χ0n) is 20.8. The average molecular weight is 514 g/mol. The van der Waals surface area contributed by atoms with E-state index >= 15 is 0 Å². The Balaban J connectivity index is 1.40. The number of nitrogens with zero attached hydrogens (tertiary/aromatic N) is 2. The van der Waals surface area contributed by atoms with Gasteiger partial charge in [-0.05, 0) is 86.9 Å². The number of rotatable bonds is 6. The highest BCUT2D eigenvalue weighted by molar-refractivity contribution is 5.96. The lowest BCUT2D eigenvalue weighted by Gasteiger charge is -2.38. The molecule has 0 spiro atoms. The third kappa shape index (κ3) is 4.91. The van der Waals surface area contributed by atoms with Gasteiger partial charge in [0.1, 0.15) is 17.2 Å². The predicted octanol–water partition coefficient (Wildman–Crippen LogP) is 6.18. The van der Waals surface area contributed by atoms with Gasteiger partial charge < -0.3 is 20.1 Å². The second kappa shape index (κ2) is 9.76. The van der Waals surface area contributed by atoms with E-state index < -0.39 is 11.9 Å². The number of amides is 1. The number of hydrogen-bond donors (Lipinski definition) is 1. The number of fused-ring (bicyclic) bond motifs is 1. The zero-order chi connectivity index (χ0) is 26.3. The number of anilines is 1. The van der Waals surface area contributed by atoms with Crippen LogP contribution in [-0.2, 0) is 6.18 Å². The van der Waals surface area contributed by atoms with Gasteiger partial charge in [0.2, 0.25) is 0 Å². The Hall–Kier alpha value is -3.49. The maximum absolute atomic E-state index is 13.5. The number of pyridine rings is 1. The van der Waals surface area contributed by atoms with Crippen LogP contribution < -0.4 is 15.2 Å². The van der Waals surface area contributed by atoms with Crippen LogP contribution in [0, 0.1) is 0 Å². The van der Waals surface area contributed by atoms with Crippen molar-refractivity contribution < 1.29 is 27.4 Å². The largest absolute Gasteiger partial charge is 0.497 e. The molecule has 2 aliphatic carbocycles. The van der Waals surface area contributed by atoms with Crippen molar-refractivity contribution in [1.29, 1.82) is 0 Å². The summed E-state index contributed by atoms with van der Waals surface area (Å²) in [5, 5.41) is 0.518. The summed E-state index contributed by atoms with van der Waals surface area (Å²) in [6.45, 7) is 0. The minimum absolute atomic E-state index is 0.0319. The van der Waals surface area contributed by atoms with Crippen molar-refractivity contribution in [1.82, 2.24) is 9.88 Å². The van der Waals surface area contributed by atoms with Crippen LogP contribution in [0.4, 0.5) is 18.9 Å². The topological polar surface area (TPSA) is 77.7 Å². The number of nitrogen functional groups attached to an aromatic ring is 1. The number of carbonyl (C=O) groups is 1. The summed E-state index contributed by atoms with van der Waals surface area (Å²) in [7, 11) is 3.14. The van der Waals surface area contributed by atoms with E-state index in [1.165, 1.54) is 6.07 Å². The molecule has 1 amide bonds. The molecule has 0 saturated heterocycles. The van der Waals surface area contributed by atoms with E-state index in [4.69, 9.17) is 15.2 Å². The molecule has 0 unspecified atom stereocenters. The Bertz CT molecular complexity index is 1300. The number of aromatic nitrogens is 1. The van der Waals surface area contributed by atoms with E-state index in [1.54, 1.807) is 44.6 Å². The molecule has 5 rings (SSSR count). The monoisotopic (exact) mass is 513 g/mol. The predicted molar refractivity (Wildman–Crippen MR) is 135 cm³/mol. The standard InChI is InChI=1S/C28H30F3N3O3/c1-36-20-11-5-17(6-12-20)27(35)34(19-9-10-19)18-7-3-16(4-8-18)25-23(37-2)14-13-22-26(25)21(32)15-24(33-22)28(29,30)31/h5-6,11-16,18-19H,3-4,7-10H2,1-2H3,(H2,32,33). The summed E-state index contributed by atoms with van der Waals surface area (Å²) in [6, 6.07) is 11.6. The maximum atomic E-state index is 13.5. The van der Waals surface area contributed by atoms with Gasteiger partial charge in [0.05, 0.1) is 19.7 Å². The second-order valence-corrected chi connectivity index (χ2v) is 9.85. The molecule has 9 heteroatoms. The Morgan fingerprint density at radius 3 is 2.11 bits per heavy atom. The fraction of sp³-hybridized carbons (Fsp3) is 0.429. The van der Waals surface area contributed by atoms with E-state index in [1.807, 2.05) is 4.90 Å². The van der Waals surface area contributed by atoms with E-state index in [-0.39, 0.29) is 35.1 Å². The molecule has 2 aliphatic rings. The number of alkyl halides is 3. The highest BCUT2D eigenvalue weighted by Crippen LogP contribution is 2.46. The van der Waals surface area contributed by atoms with Crippen molar-refractivity contribution >= 4 is 22.5 Å². The number of carbonyl (C=O) groups excluding carboxylic acids is 1. The van der Waals surface area contributed by atoms with Crippen LogP contribution in [0.1, 0.15) is 66.1 Å². The molecule has 196 valence electrons. The van der Waals surface area contributed by atoms with Crippen molar-refractivity contribution in [2.75, 3.05) is 20.0 Å². The van der Waals surface area contributed by atoms with E-state index in [0.717, 1.165) is 50.2 Å². The molecule has 6 nitrogen and oxygen atoms in total. The van der Waals surface area contributed by atoms with Gasteiger partial charge in [0.25, 0.3) is 5.91 Å². The number of ether oxygens (including phenoxy) is 2. The molecular formula is C28H30F3N3O3. The lowest BCUT2D eigenvalue weighted by Crippen LogP contribution is -2.43. The molecule has 2 N–H and O–H groups in total. The van der Waals surface area contributed by atoms with Gasteiger partial charge in [-0.1, -0.05) is 0 Å². The Kier molecular flexibility index (Phi) is 6.64. The van der Waals surface area contributed by atoms with Gasteiger partial charge in [-0.15, -0.1) is 0 Å². The van der Waals surface area contributed by atoms with Crippen molar-refractivity contribution in [3.8, 4) is 11.5 Å². The van der Waals surface area contributed by atoms with Gasteiger partial charge in [-0.3, -0.25) is 4.79 Å². The molecule has 1 heterocycles. The van der Waals surface area contributed by atoms with E-state index in [9.17, 15) is 18.0 Å². The first-order valence-corrected chi connectivity index (χ1v) is 12.5. The third-order valence-electron chi connectivity index (χ3n) is 7.53. The molecule has 0 atom stereocenters. The summed E-state index contributed by atoms with van der Waals surface area (Å²) in [6.07, 6.45) is 0.529. The first-order chi connectivity index (χ1) is 17.7. The van der Waals surface area contributed by atoms with Crippen molar-refractivity contribution in [3.63, 3.8) is 0 Å². The van der Waals surface area contributed by atoms with Gasteiger partial charge >= 0.3 is 6.18 Å². The lowest BCUT2D eigenvalue weighted by atomic mass is 9.79. The SMILES string of the molecule is COc1ccc(C(=O)N(C2CCC(c3c(OC)ccc4nc(C(F)(F)F)cc(N)c34)CC2)C2CC2)cc1. The molecule has 0 radical (unpaired) electrons. The van der Waals surface area contributed by atoms with Gasteiger partial charge in [-0.2, -0.15) is 13.2 Å². The fourth-order valence-corrected chi connectivity index (χ4v) is 5.60. The molecule has 3 aromatic rings. The molecule has 2 fully saturated rings. The molecular weight excluding hydrogens is 483 g/mol. The van der Waals surface area contributed by atoms with Crippen LogP contribution in [0.5, 0.6) is 11.5 Å². The Morgan fingerprint density at radius 2 is 1.57 bits per heavy atom. The first kappa shape index (κ1) is 25.2. The average Bonchev–Trinajstić information content (AvgIpc) is 3.73. The quantitative estimate of drug-likeness (QED) is 0.426. The molecule has 0 bridgehead atoms. The van der Waals surface area contributed by atoms with E-state index in [0.29, 0.717) is 22.4 Å². The second-order valence-electron chi connectivity index (χ2n) is 9.85. The molecule has 2 aromatic carbocycles. The molecule has 1 aromatic heterocycles. The van der Waals surface area contributed by atoms with Crippen LogP contribution in [0.25, 0.3) is 10.9 Å². The van der Waals surface area contributed by atoms with Crippen molar-refractivity contribution in [2.24, 2.45) is 0 Å². The molecule has 2 saturated carbocycles. The smallest absolute Gasteiger partial charge is 0.433 e. The number of hydrogen-bond acceptors (Lipinski definition) is 5. The van der Waals surface area contributed by atoms with Gasteiger partial charge in [0.15, 0.2) is 0 Å². The lowest BCUT2D eigenvalue weighted by molar-refractivity contribution is -0.140. The van der Waals surface area contributed by atoms with Crippen LogP contribution in [0.3, 0.4) is 0 Å². The van der Waals surface area contributed by atoms with Crippen molar-refractivity contribution in [3.05, 3.63) is 59.3 Å². The van der Waals surface area contributed by atoms with Crippen LogP contribution in [0.15, 0.2) is 42.5 Å². The highest BCUT2D eigenvalue weighted by Gasteiger charge is 2.40. The van der Waals surface area contributed by atoms with Crippen molar-refractivity contribution in [2.45, 2.75) is 62.7 Å². The molecule has 37 heavy (non-hydrogen) atoms. The maximum Gasteiger partial charge on any atom is 0.433 e. The molecule has 0 aliphatic heterocycles. The van der Waals surface area contributed by atoms with Gasteiger partial charge in [-0.25, -0.2) is 4.98 Å². The number of nitrogens with two attached hydrogens (primary N) is 1.